The number of hydrogen-bond acceptors (Lipinski definition) is 8. The number of carbonyl (C=O) groups is 1. The molecule has 2 aromatic rings. The lowest BCUT2D eigenvalue weighted by Crippen LogP contribution is -2.41. The van der Waals surface area contributed by atoms with Crippen molar-refractivity contribution in [1.82, 2.24) is 15.5 Å². The van der Waals surface area contributed by atoms with E-state index in [-0.39, 0.29) is 31.0 Å². The molecule has 0 radical (unpaired) electrons. The fourth-order valence-electron chi connectivity index (χ4n) is 2.90. The molecule has 0 bridgehead atoms. The number of nitro benzene ring substituents is 1. The molecule has 1 aliphatic rings. The summed E-state index contributed by atoms with van der Waals surface area (Å²) in [5.41, 5.74) is -0.774. The first-order chi connectivity index (χ1) is 14.2. The van der Waals surface area contributed by atoms with E-state index in [2.05, 4.69) is 15.5 Å². The molecule has 0 atom stereocenters. The van der Waals surface area contributed by atoms with Crippen LogP contribution in [0.5, 0.6) is 0 Å². The van der Waals surface area contributed by atoms with Crippen molar-refractivity contribution in [3.8, 4) is 0 Å². The maximum atomic E-state index is 12.3. The smallest absolute Gasteiger partial charge is 0.399 e. The van der Waals surface area contributed by atoms with Crippen LogP contribution in [0.4, 0.5) is 5.69 Å². The number of amides is 1. The highest BCUT2D eigenvalue weighted by atomic mass is 16.7. The van der Waals surface area contributed by atoms with Crippen molar-refractivity contribution in [2.75, 3.05) is 0 Å². The maximum Gasteiger partial charge on any atom is 0.495 e. The zero-order valence-corrected chi connectivity index (χ0v) is 18.8. The third kappa shape index (κ3) is 4.99. The molecule has 1 aromatic carbocycles. The number of benzene rings is 1. The standard InChI is InChI=1S/C20H27BN4O6.CH4/c1-18(2,3)17-23-16(29-24-17)15(26)22-11-12-8-9-13(10-14(12)25(27)28)21-30-19(4,5)20(6,7)31-21;/h8-10H,11H2,1-7H3,(H,22,26);1H4. The molecule has 1 amide bonds. The van der Waals surface area contributed by atoms with Crippen molar-refractivity contribution < 1.29 is 23.5 Å². The number of nitrogens with zero attached hydrogens (tertiary/aromatic N) is 3. The van der Waals surface area contributed by atoms with Crippen LogP contribution >= 0.6 is 0 Å². The SMILES string of the molecule is C.CC(C)(C)c1noc(C(=O)NCc2ccc(B3OC(C)(C)C(C)(C)O3)cc2[N+](=O)[O-])n1. The highest BCUT2D eigenvalue weighted by Crippen LogP contribution is 2.36. The summed E-state index contributed by atoms with van der Waals surface area (Å²) in [6.07, 6.45) is 0. The minimum atomic E-state index is -0.721. The second-order valence-electron chi connectivity index (χ2n) is 9.59. The van der Waals surface area contributed by atoms with Crippen LogP contribution in [0.25, 0.3) is 0 Å². The largest absolute Gasteiger partial charge is 0.495 e. The average Bonchev–Trinajstić information content (AvgIpc) is 3.22. The fraction of sp³-hybridized carbons (Fsp3) is 0.571. The van der Waals surface area contributed by atoms with E-state index in [1.54, 1.807) is 12.1 Å². The van der Waals surface area contributed by atoms with E-state index in [4.69, 9.17) is 13.8 Å². The normalized spacial score (nSPS) is 17.0. The lowest BCUT2D eigenvalue weighted by Gasteiger charge is -2.32. The Morgan fingerprint density at radius 2 is 1.78 bits per heavy atom. The highest BCUT2D eigenvalue weighted by Gasteiger charge is 2.52. The Morgan fingerprint density at radius 1 is 1.19 bits per heavy atom. The van der Waals surface area contributed by atoms with Gasteiger partial charge in [0.2, 0.25) is 0 Å². The summed E-state index contributed by atoms with van der Waals surface area (Å²) >= 11 is 0. The van der Waals surface area contributed by atoms with E-state index in [0.717, 1.165) is 0 Å². The molecular formula is C21H31BN4O6. The molecule has 3 rings (SSSR count). The molecule has 0 spiro atoms. The van der Waals surface area contributed by atoms with Crippen molar-refractivity contribution in [1.29, 1.82) is 0 Å². The molecular weight excluding hydrogens is 415 g/mol. The number of nitro groups is 1. The molecule has 174 valence electrons. The van der Waals surface area contributed by atoms with E-state index < -0.39 is 29.2 Å². The third-order valence-corrected chi connectivity index (χ3v) is 5.56. The van der Waals surface area contributed by atoms with Gasteiger partial charge in [0.25, 0.3) is 5.69 Å². The van der Waals surface area contributed by atoms with Crippen LogP contribution in [0, 0.1) is 10.1 Å². The second-order valence-corrected chi connectivity index (χ2v) is 9.59. The molecule has 0 saturated carbocycles. The first kappa shape index (κ1) is 25.5. The minimum absolute atomic E-state index is 0. The van der Waals surface area contributed by atoms with Crippen LogP contribution in [-0.2, 0) is 21.3 Å². The monoisotopic (exact) mass is 446 g/mol. The van der Waals surface area contributed by atoms with Crippen molar-refractivity contribution in [3.05, 3.63) is 45.6 Å². The van der Waals surface area contributed by atoms with Gasteiger partial charge in [-0.2, -0.15) is 4.98 Å². The number of aromatic nitrogens is 2. The predicted octanol–water partition coefficient (Wildman–Crippen LogP) is 3.14. The van der Waals surface area contributed by atoms with Gasteiger partial charge < -0.3 is 19.1 Å². The van der Waals surface area contributed by atoms with Crippen molar-refractivity contribution in [2.24, 2.45) is 0 Å². The minimum Gasteiger partial charge on any atom is -0.399 e. The van der Waals surface area contributed by atoms with E-state index in [1.165, 1.54) is 6.07 Å². The summed E-state index contributed by atoms with van der Waals surface area (Å²) in [4.78, 5) is 27.6. The average molecular weight is 446 g/mol. The summed E-state index contributed by atoms with van der Waals surface area (Å²) in [6.45, 7) is 13.2. The Hall–Kier alpha value is -2.79. The van der Waals surface area contributed by atoms with Gasteiger partial charge in [-0.15, -0.1) is 0 Å². The van der Waals surface area contributed by atoms with Crippen LogP contribution in [0.2, 0.25) is 0 Å². The lowest BCUT2D eigenvalue weighted by molar-refractivity contribution is -0.385. The Bertz CT molecular complexity index is 996. The van der Waals surface area contributed by atoms with Gasteiger partial charge in [0.15, 0.2) is 5.82 Å². The Labute approximate surface area is 188 Å². The summed E-state index contributed by atoms with van der Waals surface area (Å²) in [7, 11) is -0.721. The second kappa shape index (κ2) is 8.63. The summed E-state index contributed by atoms with van der Waals surface area (Å²) in [5, 5.41) is 18.0. The van der Waals surface area contributed by atoms with E-state index in [0.29, 0.717) is 16.9 Å². The van der Waals surface area contributed by atoms with Crippen molar-refractivity contribution in [3.63, 3.8) is 0 Å². The molecule has 1 saturated heterocycles. The quantitative estimate of drug-likeness (QED) is 0.421. The zero-order chi connectivity index (χ0) is 23.2. The molecule has 1 fully saturated rings. The van der Waals surface area contributed by atoms with E-state index >= 15 is 0 Å². The summed E-state index contributed by atoms with van der Waals surface area (Å²) in [6, 6.07) is 4.68. The van der Waals surface area contributed by atoms with Crippen LogP contribution < -0.4 is 10.8 Å². The predicted molar refractivity (Wildman–Crippen MR) is 120 cm³/mol. The number of hydrogen-bond donors (Lipinski definition) is 1. The maximum absolute atomic E-state index is 12.3. The van der Waals surface area contributed by atoms with E-state index in [9.17, 15) is 14.9 Å². The Balaban J connectivity index is 0.00000363. The van der Waals surface area contributed by atoms with Crippen LogP contribution in [0.1, 0.15) is 78.0 Å². The van der Waals surface area contributed by atoms with Gasteiger partial charge in [-0.25, -0.2) is 0 Å². The molecule has 0 aliphatic carbocycles. The highest BCUT2D eigenvalue weighted by molar-refractivity contribution is 6.62. The number of carbonyl (C=O) groups excluding carboxylic acids is 1. The molecule has 1 N–H and O–H groups in total. The van der Waals surface area contributed by atoms with Gasteiger partial charge in [0, 0.05) is 17.0 Å². The van der Waals surface area contributed by atoms with Gasteiger partial charge >= 0.3 is 18.9 Å². The van der Waals surface area contributed by atoms with Crippen molar-refractivity contribution >= 4 is 24.2 Å². The van der Waals surface area contributed by atoms with Gasteiger partial charge in [-0.1, -0.05) is 45.5 Å². The van der Waals surface area contributed by atoms with Crippen LogP contribution in [-0.4, -0.2) is 39.3 Å². The van der Waals surface area contributed by atoms with Gasteiger partial charge in [0.1, 0.15) is 0 Å². The Morgan fingerprint density at radius 3 is 2.28 bits per heavy atom. The number of rotatable bonds is 5. The fourth-order valence-corrected chi connectivity index (χ4v) is 2.90. The van der Waals surface area contributed by atoms with Gasteiger partial charge in [-0.05, 0) is 33.2 Å². The number of nitrogens with one attached hydrogen (secondary N) is 1. The van der Waals surface area contributed by atoms with Crippen molar-refractivity contribution in [2.45, 2.75) is 79.1 Å². The molecule has 1 aromatic heterocycles. The first-order valence-electron chi connectivity index (χ1n) is 9.96. The molecule has 0 unspecified atom stereocenters. The van der Waals surface area contributed by atoms with Gasteiger partial charge in [-0.3, -0.25) is 14.9 Å². The zero-order valence-electron chi connectivity index (χ0n) is 18.8. The first-order valence-corrected chi connectivity index (χ1v) is 9.96. The molecule has 10 nitrogen and oxygen atoms in total. The Kier molecular flexibility index (Phi) is 6.87. The lowest BCUT2D eigenvalue weighted by atomic mass is 9.78. The van der Waals surface area contributed by atoms with Gasteiger partial charge in [0.05, 0.1) is 22.7 Å². The molecule has 32 heavy (non-hydrogen) atoms. The molecule has 1 aliphatic heterocycles. The summed E-state index contributed by atoms with van der Waals surface area (Å²) < 4.78 is 16.9. The summed E-state index contributed by atoms with van der Waals surface area (Å²) in [5.74, 6) is -0.399. The van der Waals surface area contributed by atoms with Crippen LogP contribution in [0.3, 0.4) is 0 Å². The van der Waals surface area contributed by atoms with E-state index in [1.807, 2.05) is 48.5 Å². The molecule has 2 heterocycles. The van der Waals surface area contributed by atoms with Crippen LogP contribution in [0.15, 0.2) is 22.7 Å². The molecule has 11 heteroatoms. The third-order valence-electron chi connectivity index (χ3n) is 5.56. The topological polar surface area (TPSA) is 130 Å².